The van der Waals surface area contributed by atoms with E-state index in [0.717, 1.165) is 13.0 Å². The van der Waals surface area contributed by atoms with Gasteiger partial charge >= 0.3 is 0 Å². The van der Waals surface area contributed by atoms with Gasteiger partial charge in [-0.15, -0.1) is 11.3 Å². The summed E-state index contributed by atoms with van der Waals surface area (Å²) in [5.74, 6) is 0. The van der Waals surface area contributed by atoms with Gasteiger partial charge in [-0.1, -0.05) is 31.5 Å². The lowest BCUT2D eigenvalue weighted by atomic mass is 10.1. The molecule has 0 saturated carbocycles. The van der Waals surface area contributed by atoms with Crippen molar-refractivity contribution in [2.75, 3.05) is 0 Å². The van der Waals surface area contributed by atoms with Crippen molar-refractivity contribution in [3.8, 4) is 6.07 Å². The molecule has 1 atom stereocenters. The highest BCUT2D eigenvalue weighted by atomic mass is 32.1. The van der Waals surface area contributed by atoms with Crippen LogP contribution in [0.25, 0.3) is 0 Å². The number of rotatable bonds is 6. The van der Waals surface area contributed by atoms with Gasteiger partial charge in [0.15, 0.2) is 0 Å². The molecule has 0 aliphatic heterocycles. The van der Waals surface area contributed by atoms with Crippen LogP contribution < -0.4 is 5.32 Å². The van der Waals surface area contributed by atoms with E-state index in [4.69, 9.17) is 5.26 Å². The summed E-state index contributed by atoms with van der Waals surface area (Å²) in [7, 11) is 0. The lowest BCUT2D eigenvalue weighted by Gasteiger charge is -2.16. The van der Waals surface area contributed by atoms with E-state index in [2.05, 4.69) is 35.8 Å². The van der Waals surface area contributed by atoms with Crippen molar-refractivity contribution >= 4 is 11.3 Å². The first-order valence-corrected chi connectivity index (χ1v) is 7.47. The number of thiophene rings is 1. The molecule has 0 aliphatic rings. The highest BCUT2D eigenvalue weighted by molar-refractivity contribution is 7.10. The summed E-state index contributed by atoms with van der Waals surface area (Å²) in [5.41, 5.74) is 1.93. The largest absolute Gasteiger partial charge is 0.305 e. The molecule has 1 unspecified atom stereocenters. The smallest absolute Gasteiger partial charge is 0.0991 e. The topological polar surface area (TPSA) is 35.8 Å². The van der Waals surface area contributed by atoms with Crippen molar-refractivity contribution in [2.24, 2.45) is 0 Å². The second kappa shape index (κ2) is 7.08. The first-order valence-electron chi connectivity index (χ1n) is 6.59. The third kappa shape index (κ3) is 3.92. The van der Waals surface area contributed by atoms with Gasteiger partial charge in [0.1, 0.15) is 0 Å². The van der Waals surface area contributed by atoms with Crippen LogP contribution in [0.1, 0.15) is 41.8 Å². The Hall–Kier alpha value is -1.63. The van der Waals surface area contributed by atoms with Gasteiger partial charge in [0.25, 0.3) is 0 Å². The number of nitrogens with one attached hydrogen (secondary N) is 1. The van der Waals surface area contributed by atoms with Crippen LogP contribution in [0.3, 0.4) is 0 Å². The quantitative estimate of drug-likeness (QED) is 0.851. The Balaban J connectivity index is 1.96. The van der Waals surface area contributed by atoms with Gasteiger partial charge in [-0.05, 0) is 35.6 Å². The third-order valence-corrected chi connectivity index (χ3v) is 4.09. The van der Waals surface area contributed by atoms with Gasteiger partial charge in [0.05, 0.1) is 11.6 Å². The molecule has 0 spiro atoms. The predicted octanol–water partition coefficient (Wildman–Crippen LogP) is 4.25. The van der Waals surface area contributed by atoms with E-state index in [0.29, 0.717) is 11.6 Å². The van der Waals surface area contributed by atoms with Gasteiger partial charge < -0.3 is 5.32 Å². The van der Waals surface area contributed by atoms with Crippen LogP contribution in [0.5, 0.6) is 0 Å². The van der Waals surface area contributed by atoms with Gasteiger partial charge in [-0.25, -0.2) is 0 Å². The van der Waals surface area contributed by atoms with Crippen LogP contribution >= 0.6 is 11.3 Å². The molecule has 2 nitrogen and oxygen atoms in total. The highest BCUT2D eigenvalue weighted by Gasteiger charge is 2.10. The molecule has 1 aromatic heterocycles. The van der Waals surface area contributed by atoms with E-state index in [1.165, 1.54) is 16.9 Å². The van der Waals surface area contributed by atoms with Gasteiger partial charge in [0.2, 0.25) is 0 Å². The maximum absolute atomic E-state index is 8.78. The molecule has 0 fully saturated rings. The first kappa shape index (κ1) is 13.8. The van der Waals surface area contributed by atoms with E-state index in [1.54, 1.807) is 11.3 Å². The fourth-order valence-electron chi connectivity index (χ4n) is 2.06. The minimum atomic E-state index is 0.431. The van der Waals surface area contributed by atoms with Crippen LogP contribution in [-0.2, 0) is 6.54 Å². The Bertz CT molecular complexity index is 523. The van der Waals surface area contributed by atoms with Crippen LogP contribution in [0.4, 0.5) is 0 Å². The summed E-state index contributed by atoms with van der Waals surface area (Å²) in [6, 6.07) is 14.6. The van der Waals surface area contributed by atoms with Crippen molar-refractivity contribution in [1.29, 1.82) is 5.26 Å². The van der Waals surface area contributed by atoms with Crippen LogP contribution in [0.15, 0.2) is 41.8 Å². The summed E-state index contributed by atoms with van der Waals surface area (Å²) in [6.07, 6.45) is 2.32. The van der Waals surface area contributed by atoms with Crippen molar-refractivity contribution in [2.45, 2.75) is 32.4 Å². The Labute approximate surface area is 118 Å². The molecule has 19 heavy (non-hydrogen) atoms. The van der Waals surface area contributed by atoms with Crippen molar-refractivity contribution < 1.29 is 0 Å². The molecule has 0 saturated heterocycles. The lowest BCUT2D eigenvalue weighted by Crippen LogP contribution is -2.19. The molecule has 2 aromatic rings. The van der Waals surface area contributed by atoms with Crippen molar-refractivity contribution in [3.63, 3.8) is 0 Å². The molecule has 3 heteroatoms. The molecular formula is C16H18N2S. The van der Waals surface area contributed by atoms with Crippen LogP contribution in [0, 0.1) is 11.3 Å². The standard InChI is InChI=1S/C16H18N2S/c1-2-4-15(16-5-3-10-19-16)18-12-14-8-6-13(11-17)7-9-14/h3,5-10,15,18H,2,4,12H2,1H3. The molecule has 1 N–H and O–H groups in total. The van der Waals surface area contributed by atoms with E-state index < -0.39 is 0 Å². The third-order valence-electron chi connectivity index (χ3n) is 3.10. The lowest BCUT2D eigenvalue weighted by molar-refractivity contribution is 0.500. The Morgan fingerprint density at radius 3 is 2.63 bits per heavy atom. The maximum atomic E-state index is 8.78. The summed E-state index contributed by atoms with van der Waals surface area (Å²) in [4.78, 5) is 1.40. The number of hydrogen-bond donors (Lipinski definition) is 1. The van der Waals surface area contributed by atoms with Crippen LogP contribution in [0.2, 0.25) is 0 Å². The van der Waals surface area contributed by atoms with E-state index in [-0.39, 0.29) is 0 Å². The average Bonchev–Trinajstić information content (AvgIpc) is 2.98. The number of nitrogens with zero attached hydrogens (tertiary/aromatic N) is 1. The molecule has 98 valence electrons. The number of hydrogen-bond acceptors (Lipinski definition) is 3. The second-order valence-corrected chi connectivity index (χ2v) is 5.53. The van der Waals surface area contributed by atoms with Gasteiger partial charge in [-0.3, -0.25) is 0 Å². The highest BCUT2D eigenvalue weighted by Crippen LogP contribution is 2.23. The van der Waals surface area contributed by atoms with E-state index in [9.17, 15) is 0 Å². The molecule has 1 heterocycles. The molecule has 2 rings (SSSR count). The minimum absolute atomic E-state index is 0.431. The average molecular weight is 270 g/mol. The summed E-state index contributed by atoms with van der Waals surface area (Å²) >= 11 is 1.81. The summed E-state index contributed by atoms with van der Waals surface area (Å²) in [5, 5.41) is 14.5. The Morgan fingerprint density at radius 1 is 1.26 bits per heavy atom. The molecular weight excluding hydrogens is 252 g/mol. The maximum Gasteiger partial charge on any atom is 0.0991 e. The number of nitriles is 1. The molecule has 0 aliphatic carbocycles. The first-order chi connectivity index (χ1) is 9.33. The van der Waals surface area contributed by atoms with Gasteiger partial charge in [-0.2, -0.15) is 5.26 Å². The predicted molar refractivity (Wildman–Crippen MR) is 80.0 cm³/mol. The van der Waals surface area contributed by atoms with Gasteiger partial charge in [0, 0.05) is 17.5 Å². The molecule has 1 aromatic carbocycles. The Kier molecular flexibility index (Phi) is 5.14. The monoisotopic (exact) mass is 270 g/mol. The number of benzene rings is 1. The zero-order valence-corrected chi connectivity index (χ0v) is 11.9. The fraction of sp³-hybridized carbons (Fsp3) is 0.312. The SMILES string of the molecule is CCCC(NCc1ccc(C#N)cc1)c1cccs1. The Morgan fingerprint density at radius 2 is 2.05 bits per heavy atom. The summed E-state index contributed by atoms with van der Waals surface area (Å²) < 4.78 is 0. The van der Waals surface area contributed by atoms with Crippen molar-refractivity contribution in [3.05, 3.63) is 57.8 Å². The minimum Gasteiger partial charge on any atom is -0.305 e. The van der Waals surface area contributed by atoms with Crippen LogP contribution in [-0.4, -0.2) is 0 Å². The van der Waals surface area contributed by atoms with E-state index in [1.807, 2.05) is 24.3 Å². The zero-order valence-electron chi connectivity index (χ0n) is 11.1. The van der Waals surface area contributed by atoms with Crippen molar-refractivity contribution in [1.82, 2.24) is 5.32 Å². The molecule has 0 amide bonds. The summed E-state index contributed by atoms with van der Waals surface area (Å²) in [6.45, 7) is 3.05. The molecule has 0 bridgehead atoms. The molecule has 0 radical (unpaired) electrons. The zero-order chi connectivity index (χ0) is 13.5. The fourth-order valence-corrected chi connectivity index (χ4v) is 2.90. The van der Waals surface area contributed by atoms with E-state index >= 15 is 0 Å². The normalized spacial score (nSPS) is 12.0. The second-order valence-electron chi connectivity index (χ2n) is 4.55.